The first-order valence-electron chi connectivity index (χ1n) is 7.22. The number of anilines is 1. The van der Waals surface area contributed by atoms with Crippen LogP contribution in [0.2, 0.25) is 0 Å². The number of hydrogen-bond donors (Lipinski definition) is 3. The SMILES string of the molecule is Oc1cc(-c2cn[nH]c2)ccc1-c1ccc(NC2CC2)nn1. The van der Waals surface area contributed by atoms with Gasteiger partial charge in [0, 0.05) is 23.4 Å². The molecule has 3 N–H and O–H groups in total. The van der Waals surface area contributed by atoms with Crippen LogP contribution in [0.15, 0.2) is 42.7 Å². The molecule has 3 aromatic rings. The van der Waals surface area contributed by atoms with E-state index in [0.29, 0.717) is 17.3 Å². The third-order valence-electron chi connectivity index (χ3n) is 3.70. The minimum absolute atomic E-state index is 0.177. The van der Waals surface area contributed by atoms with E-state index in [2.05, 4.69) is 25.7 Å². The number of aromatic nitrogens is 4. The Bertz CT molecular complexity index is 779. The number of hydrogen-bond acceptors (Lipinski definition) is 5. The van der Waals surface area contributed by atoms with Gasteiger partial charge in [-0.05, 0) is 42.7 Å². The maximum absolute atomic E-state index is 10.3. The summed E-state index contributed by atoms with van der Waals surface area (Å²) in [5.41, 5.74) is 3.14. The zero-order valence-electron chi connectivity index (χ0n) is 11.8. The van der Waals surface area contributed by atoms with E-state index >= 15 is 0 Å². The van der Waals surface area contributed by atoms with Gasteiger partial charge >= 0.3 is 0 Å². The van der Waals surface area contributed by atoms with Crippen molar-refractivity contribution in [3.05, 3.63) is 42.7 Å². The second-order valence-corrected chi connectivity index (χ2v) is 5.44. The summed E-state index contributed by atoms with van der Waals surface area (Å²) in [5, 5.41) is 28.6. The van der Waals surface area contributed by atoms with Crippen molar-refractivity contribution in [3.63, 3.8) is 0 Å². The smallest absolute Gasteiger partial charge is 0.148 e. The fourth-order valence-electron chi connectivity index (χ4n) is 2.33. The number of nitrogens with zero attached hydrogens (tertiary/aromatic N) is 3. The molecule has 1 aromatic carbocycles. The Labute approximate surface area is 127 Å². The summed E-state index contributed by atoms with van der Waals surface area (Å²) in [4.78, 5) is 0. The van der Waals surface area contributed by atoms with Gasteiger partial charge in [0.1, 0.15) is 11.6 Å². The van der Waals surface area contributed by atoms with Crippen molar-refractivity contribution >= 4 is 5.82 Å². The van der Waals surface area contributed by atoms with Crippen molar-refractivity contribution in [1.29, 1.82) is 0 Å². The van der Waals surface area contributed by atoms with Crippen molar-refractivity contribution < 1.29 is 5.11 Å². The summed E-state index contributed by atoms with van der Waals surface area (Å²) in [6.45, 7) is 0. The molecule has 6 nitrogen and oxygen atoms in total. The van der Waals surface area contributed by atoms with E-state index in [1.807, 2.05) is 24.3 Å². The molecule has 1 fully saturated rings. The first-order chi connectivity index (χ1) is 10.8. The van der Waals surface area contributed by atoms with Gasteiger partial charge in [0.05, 0.1) is 11.9 Å². The van der Waals surface area contributed by atoms with Crippen LogP contribution in [0, 0.1) is 0 Å². The quantitative estimate of drug-likeness (QED) is 0.688. The van der Waals surface area contributed by atoms with Crippen LogP contribution in [-0.4, -0.2) is 31.5 Å². The molecule has 0 atom stereocenters. The number of phenols is 1. The summed E-state index contributed by atoms with van der Waals surface area (Å²) >= 11 is 0. The van der Waals surface area contributed by atoms with Crippen molar-refractivity contribution in [3.8, 4) is 28.1 Å². The zero-order valence-corrected chi connectivity index (χ0v) is 11.8. The Morgan fingerprint density at radius 2 is 2.00 bits per heavy atom. The molecule has 22 heavy (non-hydrogen) atoms. The Balaban J connectivity index is 1.61. The van der Waals surface area contributed by atoms with Crippen molar-refractivity contribution in [2.45, 2.75) is 18.9 Å². The van der Waals surface area contributed by atoms with Crippen LogP contribution < -0.4 is 5.32 Å². The molecular weight excluding hydrogens is 278 g/mol. The number of H-pyrrole nitrogens is 1. The highest BCUT2D eigenvalue weighted by Gasteiger charge is 2.21. The summed E-state index contributed by atoms with van der Waals surface area (Å²) in [6.07, 6.45) is 5.89. The second kappa shape index (κ2) is 5.14. The molecular formula is C16H15N5O. The van der Waals surface area contributed by atoms with E-state index in [4.69, 9.17) is 0 Å². The number of rotatable bonds is 4. The normalized spacial score (nSPS) is 14.0. The van der Waals surface area contributed by atoms with Gasteiger partial charge in [-0.2, -0.15) is 5.10 Å². The predicted molar refractivity (Wildman–Crippen MR) is 83.4 cm³/mol. The third kappa shape index (κ3) is 2.50. The summed E-state index contributed by atoms with van der Waals surface area (Å²) in [7, 11) is 0. The standard InChI is InChI=1S/C16H15N5O/c22-15-7-10(11-8-17-18-9-11)1-4-13(15)14-5-6-16(21-20-14)19-12-2-3-12/h1,4-9,12,22H,2-3H2,(H,17,18)(H,19,21). The van der Waals surface area contributed by atoms with E-state index in [9.17, 15) is 5.11 Å². The van der Waals surface area contributed by atoms with Gasteiger partial charge in [-0.1, -0.05) is 6.07 Å². The molecule has 0 bridgehead atoms. The van der Waals surface area contributed by atoms with E-state index in [0.717, 1.165) is 16.9 Å². The lowest BCUT2D eigenvalue weighted by molar-refractivity contribution is 0.477. The fourth-order valence-corrected chi connectivity index (χ4v) is 2.33. The fraction of sp³-hybridized carbons (Fsp3) is 0.188. The number of nitrogens with one attached hydrogen (secondary N) is 2. The average molecular weight is 293 g/mol. The van der Waals surface area contributed by atoms with Crippen LogP contribution in [0.25, 0.3) is 22.4 Å². The van der Waals surface area contributed by atoms with Gasteiger partial charge in [-0.3, -0.25) is 5.10 Å². The molecule has 2 aromatic heterocycles. The van der Waals surface area contributed by atoms with Crippen molar-refractivity contribution in [1.82, 2.24) is 20.4 Å². The highest BCUT2D eigenvalue weighted by atomic mass is 16.3. The van der Waals surface area contributed by atoms with Crippen LogP contribution in [0.3, 0.4) is 0 Å². The molecule has 0 radical (unpaired) electrons. The minimum atomic E-state index is 0.177. The number of aromatic hydroxyl groups is 1. The molecule has 6 heteroatoms. The number of benzene rings is 1. The van der Waals surface area contributed by atoms with Crippen molar-refractivity contribution in [2.75, 3.05) is 5.32 Å². The monoisotopic (exact) mass is 293 g/mol. The zero-order chi connectivity index (χ0) is 14.9. The Morgan fingerprint density at radius 1 is 1.09 bits per heavy atom. The molecule has 1 saturated carbocycles. The molecule has 2 heterocycles. The molecule has 0 amide bonds. The number of phenolic OH excluding ortho intramolecular Hbond substituents is 1. The lowest BCUT2D eigenvalue weighted by atomic mass is 10.0. The third-order valence-corrected chi connectivity index (χ3v) is 3.70. The molecule has 1 aliphatic rings. The van der Waals surface area contributed by atoms with E-state index in [1.54, 1.807) is 18.5 Å². The topological polar surface area (TPSA) is 86.7 Å². The van der Waals surface area contributed by atoms with Crippen LogP contribution in [0.4, 0.5) is 5.82 Å². The largest absolute Gasteiger partial charge is 0.507 e. The molecule has 0 spiro atoms. The highest BCUT2D eigenvalue weighted by Crippen LogP contribution is 2.32. The van der Waals surface area contributed by atoms with Crippen LogP contribution in [0.1, 0.15) is 12.8 Å². The van der Waals surface area contributed by atoms with Gasteiger partial charge in [0.25, 0.3) is 0 Å². The van der Waals surface area contributed by atoms with E-state index in [1.165, 1.54) is 12.8 Å². The summed E-state index contributed by atoms with van der Waals surface area (Å²) in [6, 6.07) is 9.78. The van der Waals surface area contributed by atoms with Gasteiger partial charge in [-0.15, -0.1) is 10.2 Å². The van der Waals surface area contributed by atoms with Gasteiger partial charge in [0.15, 0.2) is 0 Å². The Hall–Kier alpha value is -2.89. The lowest BCUT2D eigenvalue weighted by Gasteiger charge is -2.07. The van der Waals surface area contributed by atoms with Gasteiger partial charge < -0.3 is 10.4 Å². The van der Waals surface area contributed by atoms with Crippen LogP contribution in [-0.2, 0) is 0 Å². The second-order valence-electron chi connectivity index (χ2n) is 5.44. The van der Waals surface area contributed by atoms with Crippen LogP contribution in [0.5, 0.6) is 5.75 Å². The molecule has 1 aliphatic carbocycles. The molecule has 110 valence electrons. The molecule has 0 saturated heterocycles. The highest BCUT2D eigenvalue weighted by molar-refractivity contribution is 5.73. The molecule has 0 aliphatic heterocycles. The van der Waals surface area contributed by atoms with Gasteiger partial charge in [0.2, 0.25) is 0 Å². The molecule has 0 unspecified atom stereocenters. The van der Waals surface area contributed by atoms with Gasteiger partial charge in [-0.25, -0.2) is 0 Å². The lowest BCUT2D eigenvalue weighted by Crippen LogP contribution is -2.03. The summed E-state index contributed by atoms with van der Waals surface area (Å²) in [5.74, 6) is 0.955. The Kier molecular flexibility index (Phi) is 3.00. The first kappa shape index (κ1) is 12.8. The minimum Gasteiger partial charge on any atom is -0.507 e. The van der Waals surface area contributed by atoms with E-state index < -0.39 is 0 Å². The Morgan fingerprint density at radius 3 is 2.64 bits per heavy atom. The van der Waals surface area contributed by atoms with E-state index in [-0.39, 0.29) is 5.75 Å². The summed E-state index contributed by atoms with van der Waals surface area (Å²) < 4.78 is 0. The predicted octanol–water partition coefficient (Wildman–Crippen LogP) is 2.81. The maximum Gasteiger partial charge on any atom is 0.148 e. The first-order valence-corrected chi connectivity index (χ1v) is 7.22. The maximum atomic E-state index is 10.3. The average Bonchev–Trinajstić information content (AvgIpc) is 3.17. The number of aromatic amines is 1. The van der Waals surface area contributed by atoms with Crippen molar-refractivity contribution in [2.24, 2.45) is 0 Å². The van der Waals surface area contributed by atoms with Crippen LogP contribution >= 0.6 is 0 Å². The molecule has 4 rings (SSSR count).